The molecule has 5 nitrogen and oxygen atoms in total. The summed E-state index contributed by atoms with van der Waals surface area (Å²) in [5.74, 6) is 0.515. The molecule has 0 fully saturated rings. The number of primary amides is 1. The lowest BCUT2D eigenvalue weighted by atomic mass is 9.62. The van der Waals surface area contributed by atoms with Gasteiger partial charge in [-0.1, -0.05) is 78.6 Å². The number of amides is 1. The monoisotopic (exact) mass is 492 g/mol. The van der Waals surface area contributed by atoms with E-state index < -0.39 is 0 Å². The van der Waals surface area contributed by atoms with Gasteiger partial charge in [0.05, 0.1) is 25.5 Å². The Kier molecular flexibility index (Phi) is 13.5. The van der Waals surface area contributed by atoms with Crippen LogP contribution in [0.15, 0.2) is 43.0 Å². The Balaban J connectivity index is 0.00000182. The Bertz CT molecular complexity index is 832. The summed E-state index contributed by atoms with van der Waals surface area (Å²) >= 11 is 4.50. The normalized spacial score (nSPS) is 14.1. The lowest BCUT2D eigenvalue weighted by Crippen LogP contribution is -2.41. The van der Waals surface area contributed by atoms with Gasteiger partial charge in [0.25, 0.3) is 0 Å². The van der Waals surface area contributed by atoms with Gasteiger partial charge in [0.15, 0.2) is 0 Å². The van der Waals surface area contributed by atoms with Crippen LogP contribution in [-0.2, 0) is 22.2 Å². The number of aromatic nitrogens is 2. The van der Waals surface area contributed by atoms with Gasteiger partial charge in [-0.3, -0.25) is 9.08 Å². The highest BCUT2D eigenvalue weighted by atomic mass is 35.5. The van der Waals surface area contributed by atoms with E-state index in [0.717, 1.165) is 32.4 Å². The van der Waals surface area contributed by atoms with Gasteiger partial charge in [0.2, 0.25) is 12.2 Å². The average molecular weight is 493 g/mol. The van der Waals surface area contributed by atoms with Crippen LogP contribution in [0.2, 0.25) is 0 Å². The summed E-state index contributed by atoms with van der Waals surface area (Å²) in [6.45, 7) is 15.3. The van der Waals surface area contributed by atoms with Crippen LogP contribution in [0.4, 0.5) is 0 Å². The largest absolute Gasteiger partial charge is 0.369 e. The molecule has 3 atom stereocenters. The maximum atomic E-state index is 12.2. The fourth-order valence-electron chi connectivity index (χ4n) is 4.97. The molecule has 0 aliphatic heterocycles. The molecular weight excluding hydrogens is 446 g/mol. The van der Waals surface area contributed by atoms with E-state index in [2.05, 4.69) is 110 Å². The van der Waals surface area contributed by atoms with Crippen LogP contribution >= 0.6 is 11.9 Å². The molecule has 0 bridgehead atoms. The molecule has 1 heterocycles. The van der Waals surface area contributed by atoms with Gasteiger partial charge in [-0.2, -0.15) is 0 Å². The summed E-state index contributed by atoms with van der Waals surface area (Å²) in [4.78, 5) is 12.2. The summed E-state index contributed by atoms with van der Waals surface area (Å²) in [5.41, 5.74) is 8.33. The first-order valence-electron chi connectivity index (χ1n) is 12.7. The first-order valence-corrected chi connectivity index (χ1v) is 13.0. The van der Waals surface area contributed by atoms with Gasteiger partial charge in [0.1, 0.15) is 18.9 Å². The molecule has 2 aromatic rings. The Hall–Kier alpha value is -1.85. The van der Waals surface area contributed by atoms with Crippen molar-refractivity contribution in [1.82, 2.24) is 4.57 Å². The Morgan fingerprint density at radius 3 is 2.29 bits per heavy atom. The zero-order valence-electron chi connectivity index (χ0n) is 22.4. The van der Waals surface area contributed by atoms with E-state index >= 15 is 0 Å². The molecule has 0 saturated heterocycles. The van der Waals surface area contributed by atoms with Crippen LogP contribution in [0.3, 0.4) is 0 Å². The van der Waals surface area contributed by atoms with Gasteiger partial charge in [-0.25, -0.2) is 9.13 Å². The minimum Gasteiger partial charge on any atom is -0.369 e. The van der Waals surface area contributed by atoms with Crippen molar-refractivity contribution < 1.29 is 13.7 Å². The summed E-state index contributed by atoms with van der Waals surface area (Å²) < 4.78 is 8.23. The van der Waals surface area contributed by atoms with Crippen LogP contribution in [-0.4, -0.2) is 17.6 Å². The van der Waals surface area contributed by atoms with E-state index in [1.54, 1.807) is 0 Å². The molecule has 6 heteroatoms. The Morgan fingerprint density at radius 2 is 1.79 bits per heavy atom. The molecule has 192 valence electrons. The SMILES string of the molecule is CCCCn1cc[n+](Cc2ccc(C(CC)C(C)C(C)(C)C(CCC)C(N)=O)cc2)c1.COCl. The molecule has 0 radical (unpaired) electrons. The lowest BCUT2D eigenvalue weighted by Gasteiger charge is -2.42. The summed E-state index contributed by atoms with van der Waals surface area (Å²) in [5, 5.41) is 0. The molecule has 2 rings (SSSR count). The van der Waals surface area contributed by atoms with E-state index in [-0.39, 0.29) is 17.2 Å². The predicted molar refractivity (Wildman–Crippen MR) is 142 cm³/mol. The van der Waals surface area contributed by atoms with Gasteiger partial charge >= 0.3 is 0 Å². The van der Waals surface area contributed by atoms with E-state index in [9.17, 15) is 4.79 Å². The first kappa shape index (κ1) is 30.2. The van der Waals surface area contributed by atoms with Gasteiger partial charge in [-0.15, -0.1) is 0 Å². The predicted octanol–water partition coefficient (Wildman–Crippen LogP) is 6.47. The molecule has 0 spiro atoms. The molecule has 0 aliphatic rings. The lowest BCUT2D eigenvalue weighted by molar-refractivity contribution is -0.687. The van der Waals surface area contributed by atoms with E-state index in [0.29, 0.717) is 11.8 Å². The molecule has 2 N–H and O–H groups in total. The number of aryl methyl sites for hydroxylation is 1. The van der Waals surface area contributed by atoms with Crippen molar-refractivity contribution in [3.63, 3.8) is 0 Å². The molecule has 0 aliphatic carbocycles. The van der Waals surface area contributed by atoms with Crippen LogP contribution in [0.25, 0.3) is 0 Å². The molecule has 1 aromatic carbocycles. The summed E-state index contributed by atoms with van der Waals surface area (Å²) in [7, 11) is 1.39. The highest BCUT2D eigenvalue weighted by Gasteiger charge is 2.40. The number of hydrogen-bond acceptors (Lipinski definition) is 2. The minimum atomic E-state index is -0.160. The number of imidazole rings is 1. The first-order chi connectivity index (χ1) is 16.2. The van der Waals surface area contributed by atoms with Crippen molar-refractivity contribution >= 4 is 17.8 Å². The molecular formula is C28H47ClN3O2+. The number of carbonyl (C=O) groups excluding carboxylic acids is 1. The average Bonchev–Trinajstić information content (AvgIpc) is 3.24. The molecule has 0 saturated carbocycles. The van der Waals surface area contributed by atoms with Gasteiger partial charge < -0.3 is 5.73 Å². The quantitative estimate of drug-likeness (QED) is 0.326. The van der Waals surface area contributed by atoms with Crippen LogP contribution in [0.1, 0.15) is 90.7 Å². The maximum Gasteiger partial charge on any atom is 0.244 e. The third kappa shape index (κ3) is 8.74. The molecule has 34 heavy (non-hydrogen) atoms. The zero-order chi connectivity index (χ0) is 25.7. The number of hydrogen-bond donors (Lipinski definition) is 1. The second kappa shape index (κ2) is 15.2. The minimum absolute atomic E-state index is 0.0889. The Labute approximate surface area is 212 Å². The number of nitrogens with zero attached hydrogens (tertiary/aromatic N) is 2. The van der Waals surface area contributed by atoms with E-state index in [1.807, 2.05) is 0 Å². The van der Waals surface area contributed by atoms with Crippen molar-refractivity contribution in [1.29, 1.82) is 0 Å². The zero-order valence-corrected chi connectivity index (χ0v) is 23.1. The third-order valence-corrected chi connectivity index (χ3v) is 7.32. The number of carbonyl (C=O) groups is 1. The topological polar surface area (TPSA) is 61.1 Å². The third-order valence-electron chi connectivity index (χ3n) is 7.32. The smallest absolute Gasteiger partial charge is 0.244 e. The highest BCUT2D eigenvalue weighted by molar-refractivity contribution is 6.07. The number of unbranched alkanes of at least 4 members (excludes halogenated alkanes) is 1. The molecule has 1 aromatic heterocycles. The fourth-order valence-corrected chi connectivity index (χ4v) is 4.97. The van der Waals surface area contributed by atoms with Crippen molar-refractivity contribution in [3.05, 3.63) is 54.1 Å². The van der Waals surface area contributed by atoms with Crippen LogP contribution in [0, 0.1) is 17.3 Å². The number of rotatable bonds is 13. The number of halogens is 1. The van der Waals surface area contributed by atoms with E-state index in [1.165, 1.54) is 31.1 Å². The summed E-state index contributed by atoms with van der Waals surface area (Å²) in [6, 6.07) is 9.07. The number of benzene rings is 1. The highest BCUT2D eigenvalue weighted by Crippen LogP contribution is 2.45. The summed E-state index contributed by atoms with van der Waals surface area (Å²) in [6.07, 6.45) is 11.8. The van der Waals surface area contributed by atoms with Crippen molar-refractivity contribution in [2.24, 2.45) is 23.0 Å². The van der Waals surface area contributed by atoms with Crippen LogP contribution in [0.5, 0.6) is 0 Å². The second-order valence-electron chi connectivity index (χ2n) is 9.94. The van der Waals surface area contributed by atoms with E-state index in [4.69, 9.17) is 5.73 Å². The van der Waals surface area contributed by atoms with Gasteiger partial charge in [0, 0.05) is 5.92 Å². The second-order valence-corrected chi connectivity index (χ2v) is 10.3. The Morgan fingerprint density at radius 1 is 1.18 bits per heavy atom. The molecule has 1 amide bonds. The van der Waals surface area contributed by atoms with Crippen molar-refractivity contribution in [3.8, 4) is 0 Å². The van der Waals surface area contributed by atoms with Gasteiger partial charge in [-0.05, 0) is 47.6 Å². The van der Waals surface area contributed by atoms with Crippen molar-refractivity contribution in [2.45, 2.75) is 92.7 Å². The standard InChI is InChI=1S/C27H43N3O.CH3ClO/c1-7-10-16-29-17-18-30(20-29)19-22-12-14-23(15-13-22)24(9-3)21(4)27(5,6)25(11-8-2)26(28)31;1-3-2/h12-15,17-18,20-21,24-25H,7-11,16,19H2,1-6H3,(H-,28,31);1H3/p+1. The molecule has 3 unspecified atom stereocenters. The van der Waals surface area contributed by atoms with Crippen molar-refractivity contribution in [2.75, 3.05) is 7.11 Å². The fraction of sp³-hybridized carbons (Fsp3) is 0.643. The van der Waals surface area contributed by atoms with Crippen LogP contribution < -0.4 is 10.3 Å². The maximum absolute atomic E-state index is 12.2. The number of nitrogens with two attached hydrogens (primary N) is 1.